The van der Waals surface area contributed by atoms with E-state index in [1.54, 1.807) is 17.5 Å². The van der Waals surface area contributed by atoms with Crippen LogP contribution in [0.5, 0.6) is 0 Å². The van der Waals surface area contributed by atoms with Crippen molar-refractivity contribution in [3.05, 3.63) is 69.9 Å². The number of hydrogen-bond donors (Lipinski definition) is 0. The Morgan fingerprint density at radius 2 is 1.91 bits per heavy atom. The van der Waals surface area contributed by atoms with E-state index in [0.29, 0.717) is 5.78 Å². The smallest absolute Gasteiger partial charge is 0.234 e. The van der Waals surface area contributed by atoms with Crippen LogP contribution in [0.3, 0.4) is 0 Å². The molecule has 0 aliphatic heterocycles. The normalized spacial score (nSPS) is 11.2. The van der Waals surface area contributed by atoms with Gasteiger partial charge in [-0.1, -0.05) is 29.8 Å². The van der Waals surface area contributed by atoms with Crippen LogP contribution in [0.1, 0.15) is 21.8 Å². The summed E-state index contributed by atoms with van der Waals surface area (Å²) in [7, 11) is 0. The Kier molecular flexibility index (Phi) is 3.42. The highest BCUT2D eigenvalue weighted by Gasteiger charge is 2.14. The molecule has 0 saturated carbocycles. The second-order valence-electron chi connectivity index (χ2n) is 5.62. The molecule has 23 heavy (non-hydrogen) atoms. The van der Waals surface area contributed by atoms with Crippen molar-refractivity contribution in [2.45, 2.75) is 20.3 Å². The molecule has 0 saturated heterocycles. The van der Waals surface area contributed by atoms with E-state index in [4.69, 9.17) is 4.98 Å². The van der Waals surface area contributed by atoms with Gasteiger partial charge in [-0.15, -0.1) is 11.3 Å². The zero-order valence-corrected chi connectivity index (χ0v) is 13.8. The number of aromatic nitrogens is 4. The summed E-state index contributed by atoms with van der Waals surface area (Å²) in [6.45, 7) is 4.15. The first-order chi connectivity index (χ1) is 11.2. The first-order valence-corrected chi connectivity index (χ1v) is 8.38. The van der Waals surface area contributed by atoms with Crippen LogP contribution in [0.2, 0.25) is 0 Å². The molecule has 0 atom stereocenters. The van der Waals surface area contributed by atoms with Gasteiger partial charge in [0.05, 0.1) is 10.7 Å². The molecule has 0 radical (unpaired) electrons. The topological polar surface area (TPSA) is 43.1 Å². The van der Waals surface area contributed by atoms with E-state index in [-0.39, 0.29) is 0 Å². The summed E-state index contributed by atoms with van der Waals surface area (Å²) in [6.07, 6.45) is 4.60. The van der Waals surface area contributed by atoms with Crippen molar-refractivity contribution in [3.63, 3.8) is 0 Å². The minimum Gasteiger partial charge on any atom is -0.288 e. The quantitative estimate of drug-likeness (QED) is 0.572. The maximum absolute atomic E-state index is 4.77. The molecule has 3 heterocycles. The lowest BCUT2D eigenvalue weighted by Crippen LogP contribution is -1.89. The molecule has 114 valence electrons. The third kappa shape index (κ3) is 2.64. The van der Waals surface area contributed by atoms with Crippen LogP contribution in [-0.4, -0.2) is 19.4 Å². The van der Waals surface area contributed by atoms with Gasteiger partial charge in [0.1, 0.15) is 11.4 Å². The summed E-state index contributed by atoms with van der Waals surface area (Å²) in [6, 6.07) is 10.5. The molecule has 4 rings (SSSR count). The van der Waals surface area contributed by atoms with Gasteiger partial charge in [-0.3, -0.25) is 4.40 Å². The van der Waals surface area contributed by atoms with E-state index in [2.05, 4.69) is 53.5 Å². The van der Waals surface area contributed by atoms with Gasteiger partial charge in [0.25, 0.3) is 0 Å². The predicted molar refractivity (Wildman–Crippen MR) is 92.8 cm³/mol. The molecule has 0 unspecified atom stereocenters. The summed E-state index contributed by atoms with van der Waals surface area (Å²) >= 11 is 1.68. The number of fused-ring (bicyclic) bond motifs is 1. The van der Waals surface area contributed by atoms with Crippen LogP contribution in [0.25, 0.3) is 17.2 Å². The lowest BCUT2D eigenvalue weighted by Gasteiger charge is -1.98. The van der Waals surface area contributed by atoms with Gasteiger partial charge < -0.3 is 0 Å². The maximum Gasteiger partial charge on any atom is 0.234 e. The summed E-state index contributed by atoms with van der Waals surface area (Å²) in [4.78, 5) is 13.7. The van der Waals surface area contributed by atoms with Crippen LogP contribution in [0.15, 0.2) is 48.1 Å². The Morgan fingerprint density at radius 3 is 2.70 bits per heavy atom. The van der Waals surface area contributed by atoms with Crippen LogP contribution in [0.4, 0.5) is 0 Å². The van der Waals surface area contributed by atoms with Crippen molar-refractivity contribution in [1.82, 2.24) is 19.4 Å². The van der Waals surface area contributed by atoms with E-state index in [1.165, 1.54) is 11.1 Å². The third-order valence-corrected chi connectivity index (χ3v) is 4.76. The molecule has 0 spiro atoms. The molecule has 0 N–H and O–H groups in total. The molecule has 5 heteroatoms. The molecule has 0 bridgehead atoms. The van der Waals surface area contributed by atoms with Crippen LogP contribution < -0.4 is 0 Å². The molecule has 0 aliphatic rings. The van der Waals surface area contributed by atoms with Gasteiger partial charge in [-0.2, -0.15) is 0 Å². The van der Waals surface area contributed by atoms with E-state index >= 15 is 0 Å². The lowest BCUT2D eigenvalue weighted by atomic mass is 10.1. The van der Waals surface area contributed by atoms with Crippen molar-refractivity contribution in [2.24, 2.45) is 0 Å². The van der Waals surface area contributed by atoms with Crippen molar-refractivity contribution in [2.75, 3.05) is 0 Å². The van der Waals surface area contributed by atoms with Gasteiger partial charge in [-0.05, 0) is 25.5 Å². The van der Waals surface area contributed by atoms with E-state index in [1.807, 2.05) is 16.7 Å². The van der Waals surface area contributed by atoms with Gasteiger partial charge >= 0.3 is 0 Å². The lowest BCUT2D eigenvalue weighted by molar-refractivity contribution is 1.06. The summed E-state index contributed by atoms with van der Waals surface area (Å²) in [5.74, 6) is 0.716. The average Bonchev–Trinajstić information content (AvgIpc) is 3.15. The SMILES string of the molecule is Cc1ccc(Cc2nc(-c3nc4ncccn4c3C)cs2)cc1. The molecule has 3 aromatic heterocycles. The molecule has 4 aromatic rings. The van der Waals surface area contributed by atoms with Crippen molar-refractivity contribution in [3.8, 4) is 11.4 Å². The molecular formula is C18H16N4S. The minimum atomic E-state index is 0.716. The Balaban J connectivity index is 1.66. The predicted octanol–water partition coefficient (Wildman–Crippen LogP) is 4.06. The standard InChI is InChI=1S/C18H16N4S/c1-12-4-6-14(7-5-12)10-16-20-15(11-23-16)17-13(2)22-9-3-8-19-18(22)21-17/h3-9,11H,10H2,1-2H3. The van der Waals surface area contributed by atoms with Gasteiger partial charge in [0, 0.05) is 24.2 Å². The highest BCUT2D eigenvalue weighted by Crippen LogP contribution is 2.26. The van der Waals surface area contributed by atoms with Gasteiger partial charge in [-0.25, -0.2) is 15.0 Å². The Hall–Kier alpha value is -2.53. The van der Waals surface area contributed by atoms with Crippen LogP contribution >= 0.6 is 11.3 Å². The fourth-order valence-corrected chi connectivity index (χ4v) is 3.44. The monoisotopic (exact) mass is 320 g/mol. The fraction of sp³-hybridized carbons (Fsp3) is 0.167. The molecule has 0 amide bonds. The minimum absolute atomic E-state index is 0.716. The molecule has 0 fully saturated rings. The third-order valence-electron chi connectivity index (χ3n) is 3.91. The summed E-state index contributed by atoms with van der Waals surface area (Å²) in [5, 5.41) is 3.19. The van der Waals surface area contributed by atoms with Gasteiger partial charge in [0.2, 0.25) is 5.78 Å². The van der Waals surface area contributed by atoms with Crippen LogP contribution in [-0.2, 0) is 6.42 Å². The number of benzene rings is 1. The second kappa shape index (κ2) is 5.59. The fourth-order valence-electron chi connectivity index (χ4n) is 2.63. The Labute approximate surface area is 138 Å². The van der Waals surface area contributed by atoms with Crippen LogP contribution in [0, 0.1) is 13.8 Å². The van der Waals surface area contributed by atoms with E-state index < -0.39 is 0 Å². The zero-order chi connectivity index (χ0) is 15.8. The van der Waals surface area contributed by atoms with Gasteiger partial charge in [0.15, 0.2) is 0 Å². The first-order valence-electron chi connectivity index (χ1n) is 7.51. The Morgan fingerprint density at radius 1 is 1.09 bits per heavy atom. The van der Waals surface area contributed by atoms with Crippen molar-refractivity contribution < 1.29 is 0 Å². The number of thiazole rings is 1. The van der Waals surface area contributed by atoms with Crippen molar-refractivity contribution in [1.29, 1.82) is 0 Å². The number of imidazole rings is 1. The first kappa shape index (κ1) is 14.1. The zero-order valence-electron chi connectivity index (χ0n) is 13.0. The molecular weight excluding hydrogens is 304 g/mol. The largest absolute Gasteiger partial charge is 0.288 e. The highest BCUT2D eigenvalue weighted by molar-refractivity contribution is 7.10. The van der Waals surface area contributed by atoms with E-state index in [9.17, 15) is 0 Å². The maximum atomic E-state index is 4.77. The number of rotatable bonds is 3. The number of nitrogens with zero attached hydrogens (tertiary/aromatic N) is 4. The molecule has 1 aromatic carbocycles. The average molecular weight is 320 g/mol. The highest BCUT2D eigenvalue weighted by atomic mass is 32.1. The Bertz CT molecular complexity index is 966. The molecule has 4 nitrogen and oxygen atoms in total. The van der Waals surface area contributed by atoms with Crippen molar-refractivity contribution >= 4 is 17.1 Å². The number of hydrogen-bond acceptors (Lipinski definition) is 4. The second-order valence-corrected chi connectivity index (χ2v) is 6.57. The summed E-state index contributed by atoms with van der Waals surface area (Å²) < 4.78 is 1.99. The van der Waals surface area contributed by atoms with E-state index in [0.717, 1.165) is 28.5 Å². The summed E-state index contributed by atoms with van der Waals surface area (Å²) in [5.41, 5.74) is 5.47. The molecule has 0 aliphatic carbocycles. The number of aryl methyl sites for hydroxylation is 2.